The lowest BCUT2D eigenvalue weighted by Crippen LogP contribution is -2.75. The first-order valence-electron chi connectivity index (χ1n) is 6.17. The van der Waals surface area contributed by atoms with Crippen molar-refractivity contribution in [2.45, 2.75) is 19.6 Å². The summed E-state index contributed by atoms with van der Waals surface area (Å²) in [5.41, 5.74) is 0. The average molecular weight is 324 g/mol. The Morgan fingerprint density at radius 2 is 1.50 bits per heavy atom. The molecule has 2 aliphatic heterocycles. The summed E-state index contributed by atoms with van der Waals surface area (Å²) >= 11 is 0. The van der Waals surface area contributed by atoms with E-state index in [1.54, 1.807) is 0 Å². The van der Waals surface area contributed by atoms with Crippen molar-refractivity contribution >= 4 is 55.0 Å². The predicted molar refractivity (Wildman–Crippen MR) is 86.9 cm³/mol. The molecule has 16 heavy (non-hydrogen) atoms. The Hall–Kier alpha value is 1.10. The van der Waals surface area contributed by atoms with E-state index in [4.69, 9.17) is 0 Å². The number of rotatable bonds is 0. The van der Waals surface area contributed by atoms with Crippen molar-refractivity contribution in [2.24, 2.45) is 0 Å². The normalized spacial score (nSPS) is 47.1. The molecule has 2 N–H and O–H groups in total. The Bertz CT molecular complexity index is 257. The molecule has 94 valence electrons. The molecule has 5 nitrogen and oxygen atoms in total. The van der Waals surface area contributed by atoms with E-state index in [9.17, 15) is 0 Å². The second kappa shape index (κ2) is 5.39. The van der Waals surface area contributed by atoms with Gasteiger partial charge in [-0.2, -0.15) is 0 Å². The van der Waals surface area contributed by atoms with Crippen LogP contribution in [0.2, 0.25) is 19.6 Å². The van der Waals surface area contributed by atoms with Crippen LogP contribution in [0.3, 0.4) is 0 Å². The van der Waals surface area contributed by atoms with Gasteiger partial charge in [0.25, 0.3) is 0 Å². The van der Waals surface area contributed by atoms with Gasteiger partial charge in [0.2, 0.25) is 0 Å². The highest BCUT2D eigenvalue weighted by atomic mass is 29.2. The van der Waals surface area contributed by atoms with Gasteiger partial charge in [0.15, 0.2) is 45.8 Å². The lowest BCUT2D eigenvalue weighted by Gasteiger charge is -2.45. The molecule has 0 amide bonds. The van der Waals surface area contributed by atoms with E-state index in [1.165, 1.54) is 0 Å². The lowest BCUT2D eigenvalue weighted by atomic mass is 11.6. The third-order valence-electron chi connectivity index (χ3n) is 3.98. The molecule has 0 bridgehead atoms. The fraction of sp³-hybridized carbons (Fsp3) is 1.00. The minimum absolute atomic E-state index is 0.0350. The molecule has 4 unspecified atom stereocenters. The Morgan fingerprint density at radius 1 is 0.875 bits per heavy atom. The van der Waals surface area contributed by atoms with Gasteiger partial charge in [0, 0.05) is 0 Å². The van der Waals surface area contributed by atoms with E-state index in [2.05, 4.69) is 55.4 Å². The highest BCUT2D eigenvalue weighted by Gasteiger charge is 2.38. The minimum Gasteiger partial charge on any atom is -0.344 e. The van der Waals surface area contributed by atoms with Crippen LogP contribution in [-0.2, 0) is 0 Å². The fourth-order valence-corrected chi connectivity index (χ4v) is 44.3. The van der Waals surface area contributed by atoms with Gasteiger partial charge in [-0.05, 0) is 33.7 Å². The summed E-state index contributed by atoms with van der Waals surface area (Å²) in [6.07, 6.45) is 0. The second-order valence-corrected chi connectivity index (χ2v) is 26.4. The van der Waals surface area contributed by atoms with Gasteiger partial charge in [-0.25, -0.2) is 0 Å². The van der Waals surface area contributed by atoms with Crippen molar-refractivity contribution in [3.63, 3.8) is 0 Å². The van der Waals surface area contributed by atoms with Crippen molar-refractivity contribution in [3.05, 3.63) is 0 Å². The van der Waals surface area contributed by atoms with E-state index in [0.29, 0.717) is 0 Å². The van der Waals surface area contributed by atoms with Gasteiger partial charge in [-0.3, -0.25) is 0 Å². The number of hydrogen-bond acceptors (Lipinski definition) is 5. The summed E-state index contributed by atoms with van der Waals surface area (Å²) in [5.74, 6) is 0. The molecule has 2 heterocycles. The van der Waals surface area contributed by atoms with Crippen LogP contribution >= 0.6 is 0 Å². The topological polar surface area (TPSA) is 33.8 Å². The average Bonchev–Trinajstić information content (AvgIpc) is 2.30. The molecule has 0 aliphatic carbocycles. The quantitative estimate of drug-likeness (QED) is 0.441. The zero-order valence-electron chi connectivity index (χ0n) is 11.1. The number of hydrogen-bond donors (Lipinski definition) is 2. The molecule has 0 radical (unpaired) electrons. The smallest absolute Gasteiger partial charge is 0.171 e. The van der Waals surface area contributed by atoms with Crippen molar-refractivity contribution in [1.29, 1.82) is 0 Å². The van der Waals surface area contributed by atoms with Gasteiger partial charge in [0.1, 0.15) is 9.20 Å². The van der Waals surface area contributed by atoms with Gasteiger partial charge in [-0.1, -0.05) is 0 Å². The van der Waals surface area contributed by atoms with Crippen LogP contribution in [0.1, 0.15) is 0 Å². The molecule has 2 aliphatic rings. The van der Waals surface area contributed by atoms with E-state index < -0.39 is 36.0 Å². The molecule has 0 aromatic rings. The first kappa shape index (κ1) is 13.5. The molecule has 4 atom stereocenters. The fourth-order valence-electron chi connectivity index (χ4n) is 2.53. The molecule has 0 saturated carbocycles. The number of fused-ring (bicyclic) bond motifs is 1. The maximum absolute atomic E-state index is 4.09. The molecular weight excluding hydrogens is 299 g/mol. The third-order valence-corrected chi connectivity index (χ3v) is 38.6. The molecule has 11 heteroatoms. The van der Waals surface area contributed by atoms with E-state index in [0.717, 1.165) is 0 Å². The van der Waals surface area contributed by atoms with Crippen LogP contribution in [0, 0.1) is 0 Å². The van der Waals surface area contributed by atoms with Crippen LogP contribution in [0.25, 0.3) is 0 Å². The summed E-state index contributed by atoms with van der Waals surface area (Å²) in [6, 6.07) is 0. The van der Waals surface area contributed by atoms with Crippen molar-refractivity contribution in [2.75, 3.05) is 14.1 Å². The SMILES string of the molecule is CN1[SiH2]N2[SiH](C)N[SiH](C)N(C)[SiH2][SiH]2N[SiH]1C. The van der Waals surface area contributed by atoms with Crippen LogP contribution in [-0.4, -0.2) is 81.5 Å². The summed E-state index contributed by atoms with van der Waals surface area (Å²) in [6.45, 7) is 7.49. The monoisotopic (exact) mass is 323 g/mol. The van der Waals surface area contributed by atoms with Crippen molar-refractivity contribution in [1.82, 2.24) is 21.7 Å². The molecule has 2 saturated heterocycles. The highest BCUT2D eigenvalue weighted by Crippen LogP contribution is 2.07. The largest absolute Gasteiger partial charge is 0.344 e. The van der Waals surface area contributed by atoms with E-state index >= 15 is 0 Å². The van der Waals surface area contributed by atoms with Gasteiger partial charge < -0.3 is 21.7 Å². The van der Waals surface area contributed by atoms with Crippen LogP contribution in [0.5, 0.6) is 0 Å². The highest BCUT2D eigenvalue weighted by molar-refractivity contribution is 7.19. The molecule has 2 rings (SSSR count). The lowest BCUT2D eigenvalue weighted by molar-refractivity contribution is 0.727. The Labute approximate surface area is 110 Å². The Balaban J connectivity index is 2.12. The Kier molecular flexibility index (Phi) is 4.56. The summed E-state index contributed by atoms with van der Waals surface area (Å²) in [7, 11) is 1.87. The van der Waals surface area contributed by atoms with Crippen molar-refractivity contribution in [3.8, 4) is 0 Å². The molecular formula is C5H25N5Si6. The molecule has 0 aromatic heterocycles. The van der Waals surface area contributed by atoms with E-state index in [1.807, 2.05) is 0 Å². The van der Waals surface area contributed by atoms with E-state index in [-0.39, 0.29) is 19.0 Å². The van der Waals surface area contributed by atoms with Gasteiger partial charge in [0.05, 0.1) is 0 Å². The summed E-state index contributed by atoms with van der Waals surface area (Å²) in [5, 5.41) is 0. The molecule has 0 aromatic carbocycles. The number of nitrogens with zero attached hydrogens (tertiary/aromatic N) is 3. The third kappa shape index (κ3) is 2.74. The summed E-state index contributed by atoms with van der Waals surface area (Å²) in [4.78, 5) is 0. The van der Waals surface area contributed by atoms with Crippen LogP contribution in [0.15, 0.2) is 0 Å². The first-order valence-corrected chi connectivity index (χ1v) is 19.2. The predicted octanol–water partition coefficient (Wildman–Crippen LogP) is -4.29. The first-order chi connectivity index (χ1) is 7.49. The molecule has 2 fully saturated rings. The standard InChI is InChI=1S/C5H25N5Si6/c1-8-11-10-15(5)6-13(3)9(2)12-16(10)7-14(8)4/h6-7,13-16H,11-12H2,1-5H3. The summed E-state index contributed by atoms with van der Waals surface area (Å²) < 4.78 is 16.6. The zero-order valence-corrected chi connectivity index (χ0v) is 18.5. The maximum atomic E-state index is 4.09. The molecule has 0 spiro atoms. The Morgan fingerprint density at radius 3 is 2.19 bits per heavy atom. The van der Waals surface area contributed by atoms with Gasteiger partial charge >= 0.3 is 0 Å². The zero-order chi connectivity index (χ0) is 11.9. The van der Waals surface area contributed by atoms with Gasteiger partial charge in [-0.15, -0.1) is 0 Å². The second-order valence-electron chi connectivity index (χ2n) is 5.23. The van der Waals surface area contributed by atoms with Crippen molar-refractivity contribution < 1.29 is 0 Å². The van der Waals surface area contributed by atoms with Crippen LogP contribution < -0.4 is 9.30 Å². The minimum atomic E-state index is -0.761. The number of nitrogens with one attached hydrogen (secondary N) is 2. The van der Waals surface area contributed by atoms with Crippen LogP contribution in [0.4, 0.5) is 0 Å². The maximum Gasteiger partial charge on any atom is 0.171 e.